The minimum Gasteiger partial charge on any atom is -0.469 e. The maximum Gasteiger partial charge on any atom is 0.308 e. The first-order chi connectivity index (χ1) is 26.2. The molecule has 16 nitrogen and oxygen atoms in total. The Balaban J connectivity index is 2.09. The van der Waals surface area contributed by atoms with E-state index in [1.54, 1.807) is 25.4 Å². The molecule has 0 aliphatic carbocycles. The maximum atomic E-state index is 14.6. The molecule has 1 aliphatic rings. The molecule has 2 heterocycles. The van der Waals surface area contributed by atoms with Gasteiger partial charge in [-0.05, 0) is 22.3 Å². The highest BCUT2D eigenvalue weighted by molar-refractivity contribution is 7.09. The average molecular weight is 799 g/mol. The Morgan fingerprint density at radius 3 is 2.14 bits per heavy atom. The van der Waals surface area contributed by atoms with E-state index in [0.717, 1.165) is 5.56 Å². The second kappa shape index (κ2) is 19.8. The van der Waals surface area contributed by atoms with Gasteiger partial charge >= 0.3 is 5.97 Å². The first-order valence-corrected chi connectivity index (χ1v) is 19.5. The van der Waals surface area contributed by atoms with Gasteiger partial charge in [-0.2, -0.15) is 0 Å². The van der Waals surface area contributed by atoms with Crippen LogP contribution >= 0.6 is 11.3 Å². The van der Waals surface area contributed by atoms with Crippen molar-refractivity contribution in [2.45, 2.75) is 111 Å². The molecule has 1 aromatic heterocycles. The van der Waals surface area contributed by atoms with E-state index in [4.69, 9.17) is 4.74 Å². The van der Waals surface area contributed by atoms with Crippen LogP contribution in [0.25, 0.3) is 0 Å². The van der Waals surface area contributed by atoms with E-state index in [1.807, 2.05) is 78.8 Å². The number of aromatic nitrogens is 1. The molecule has 0 saturated heterocycles. The topological polar surface area (TPSA) is 229 Å². The van der Waals surface area contributed by atoms with Gasteiger partial charge in [0.15, 0.2) is 0 Å². The summed E-state index contributed by atoms with van der Waals surface area (Å²) in [5, 5.41) is 29.3. The number of carbonyl (C=O) groups is 6. The van der Waals surface area contributed by atoms with Crippen molar-refractivity contribution in [3.63, 3.8) is 0 Å². The Kier molecular flexibility index (Phi) is 16.1. The Morgan fingerprint density at radius 2 is 1.61 bits per heavy atom. The molecule has 0 radical (unpaired) electrons. The number of aliphatic imine (C=N–C) groups is 1. The van der Waals surface area contributed by atoms with Gasteiger partial charge < -0.3 is 41.7 Å². The van der Waals surface area contributed by atoms with Gasteiger partial charge in [-0.25, -0.2) is 4.98 Å². The summed E-state index contributed by atoms with van der Waals surface area (Å²) in [4.78, 5) is 90.2. The number of carbonyl (C=O) groups excluding carboxylic acids is 6. The molecular weight excluding hydrogens is 741 g/mol. The lowest BCUT2D eigenvalue weighted by Crippen LogP contribution is -2.65. The molecule has 3 rings (SSSR count). The van der Waals surface area contributed by atoms with E-state index in [-0.39, 0.29) is 18.2 Å². The molecule has 7 atom stereocenters. The number of rotatable bonds is 12. The number of amides is 5. The van der Waals surface area contributed by atoms with Crippen LogP contribution < -0.4 is 31.9 Å². The Bertz CT molecular complexity index is 1710. The molecule has 0 saturated carbocycles. The standard InChI is InChI=1S/C39H58N8O8S/c1-21(2)28-34(52)47-30(38(4,5)6)32(41-19-26(49)42-25(20-48)33(51)44-28)46-31(39(7,8)9)36(54)45-29(22(3)23-14-12-11-13-15-23)35(53)43-24(18-27(50)55-10)37-40-16-17-56-37/h11-17,21-22,24-25,28-31,48H,18-20H2,1-10H3,(H,41,46)(H,42,49)(H,43,53)(H,44,51)(H,45,54)(H,47,52)/t22-,24+,25-,28-,29-,30+,31+/m0/s1. The third kappa shape index (κ3) is 12.6. The number of nitrogens with zero attached hydrogens (tertiary/aromatic N) is 2. The number of aliphatic hydroxyl groups excluding tert-OH is 1. The van der Waals surface area contributed by atoms with Crippen molar-refractivity contribution >= 4 is 52.7 Å². The number of hydrogen-bond acceptors (Lipinski definition) is 12. The fourth-order valence-electron chi connectivity index (χ4n) is 6.07. The Morgan fingerprint density at radius 1 is 0.946 bits per heavy atom. The van der Waals surface area contributed by atoms with Gasteiger partial charge in [-0.3, -0.25) is 33.8 Å². The van der Waals surface area contributed by atoms with Crippen LogP contribution in [0.4, 0.5) is 0 Å². The predicted molar refractivity (Wildman–Crippen MR) is 212 cm³/mol. The number of esters is 1. The lowest BCUT2D eigenvalue weighted by molar-refractivity contribution is -0.141. The number of hydrogen-bond donors (Lipinski definition) is 7. The largest absolute Gasteiger partial charge is 0.469 e. The highest BCUT2D eigenvalue weighted by Crippen LogP contribution is 2.27. The molecule has 0 unspecified atom stereocenters. The van der Waals surface area contributed by atoms with Gasteiger partial charge in [0.05, 0.1) is 32.2 Å². The van der Waals surface area contributed by atoms with Crippen LogP contribution in [-0.2, 0) is 33.5 Å². The third-order valence-electron chi connectivity index (χ3n) is 9.39. The number of thiazole rings is 1. The summed E-state index contributed by atoms with van der Waals surface area (Å²) < 4.78 is 4.88. The van der Waals surface area contributed by atoms with Crippen LogP contribution in [0.3, 0.4) is 0 Å². The third-order valence-corrected chi connectivity index (χ3v) is 10.3. The van der Waals surface area contributed by atoms with Crippen molar-refractivity contribution in [2.24, 2.45) is 21.7 Å². The zero-order chi connectivity index (χ0) is 42.0. The molecule has 0 fully saturated rings. The van der Waals surface area contributed by atoms with Crippen LogP contribution in [0.5, 0.6) is 0 Å². The maximum absolute atomic E-state index is 14.6. The van der Waals surface area contributed by atoms with Crippen molar-refractivity contribution in [1.29, 1.82) is 0 Å². The SMILES string of the molecule is COC(=O)C[C@@H](NC(=O)[C@@H](NC(=O)[C@@H](NC1=NCC(=O)N[C@@H](CO)C(=O)N[C@@H](C(C)C)C(=O)N[C@H]1C(C)(C)C)C(C)(C)C)[C@@H](C)c1ccccc1)c1nccs1. The van der Waals surface area contributed by atoms with Crippen LogP contribution in [0, 0.1) is 16.7 Å². The van der Waals surface area contributed by atoms with Gasteiger partial charge in [0.25, 0.3) is 0 Å². The second-order valence-electron chi connectivity index (χ2n) is 16.4. The molecule has 0 bridgehead atoms. The number of aliphatic hydroxyl groups is 1. The minimum absolute atomic E-state index is 0.116. The first kappa shape index (κ1) is 45.5. The smallest absolute Gasteiger partial charge is 0.308 e. The quantitative estimate of drug-likeness (QED) is 0.154. The van der Waals surface area contributed by atoms with E-state index in [1.165, 1.54) is 18.4 Å². The molecule has 7 N–H and O–H groups in total. The highest BCUT2D eigenvalue weighted by Gasteiger charge is 2.41. The van der Waals surface area contributed by atoms with Gasteiger partial charge in [0.1, 0.15) is 41.6 Å². The number of nitrogens with one attached hydrogen (secondary N) is 6. The van der Waals surface area contributed by atoms with Gasteiger partial charge in [0, 0.05) is 17.5 Å². The number of ether oxygens (including phenoxy) is 1. The number of methoxy groups -OCH3 is 1. The van der Waals surface area contributed by atoms with Crippen LogP contribution in [0.15, 0.2) is 46.9 Å². The summed E-state index contributed by atoms with van der Waals surface area (Å²) in [5.74, 6) is -4.44. The van der Waals surface area contributed by atoms with Crippen LogP contribution in [-0.4, -0.2) is 102 Å². The van der Waals surface area contributed by atoms with E-state index < -0.39 is 102 Å². The van der Waals surface area contributed by atoms with Crippen molar-refractivity contribution < 1.29 is 38.6 Å². The fourth-order valence-corrected chi connectivity index (χ4v) is 6.76. The van der Waals surface area contributed by atoms with Crippen LogP contribution in [0.1, 0.15) is 91.3 Å². The average Bonchev–Trinajstić information content (AvgIpc) is 3.67. The number of amidine groups is 1. The van der Waals surface area contributed by atoms with E-state index in [2.05, 4.69) is 41.9 Å². The zero-order valence-corrected chi connectivity index (χ0v) is 34.7. The van der Waals surface area contributed by atoms with Crippen molar-refractivity contribution in [3.8, 4) is 0 Å². The lowest BCUT2D eigenvalue weighted by atomic mass is 9.82. The second-order valence-corrected chi connectivity index (χ2v) is 17.3. The van der Waals surface area contributed by atoms with Crippen molar-refractivity contribution in [1.82, 2.24) is 36.9 Å². The van der Waals surface area contributed by atoms with Gasteiger partial charge in [-0.1, -0.05) is 92.6 Å². The molecule has 1 aromatic carbocycles. The summed E-state index contributed by atoms with van der Waals surface area (Å²) in [7, 11) is 1.25. The van der Waals surface area contributed by atoms with Gasteiger partial charge in [-0.15, -0.1) is 11.3 Å². The molecule has 2 aromatic rings. The molecule has 1 aliphatic heterocycles. The van der Waals surface area contributed by atoms with E-state index >= 15 is 0 Å². The Labute approximate surface area is 332 Å². The summed E-state index contributed by atoms with van der Waals surface area (Å²) in [6.45, 7) is 15.1. The zero-order valence-electron chi connectivity index (χ0n) is 33.9. The Hall–Kier alpha value is -4.90. The van der Waals surface area contributed by atoms with Gasteiger partial charge in [0.2, 0.25) is 29.5 Å². The van der Waals surface area contributed by atoms with Crippen molar-refractivity contribution in [2.75, 3.05) is 20.3 Å². The molecule has 56 heavy (non-hydrogen) atoms. The van der Waals surface area contributed by atoms with E-state index in [0.29, 0.717) is 5.01 Å². The number of benzene rings is 1. The van der Waals surface area contributed by atoms with E-state index in [9.17, 15) is 33.9 Å². The molecular formula is C39H58N8O8S. The minimum atomic E-state index is -1.33. The first-order valence-electron chi connectivity index (χ1n) is 18.6. The molecule has 17 heteroatoms. The summed E-state index contributed by atoms with van der Waals surface area (Å²) in [6.07, 6.45) is 1.38. The summed E-state index contributed by atoms with van der Waals surface area (Å²) in [5.41, 5.74) is -0.813. The molecule has 0 spiro atoms. The normalized spacial score (nSPS) is 20.7. The molecule has 308 valence electrons. The molecule has 5 amide bonds. The van der Waals surface area contributed by atoms with Crippen molar-refractivity contribution in [3.05, 3.63) is 52.5 Å². The fraction of sp³-hybridized carbons (Fsp3) is 0.590. The highest BCUT2D eigenvalue weighted by atomic mass is 32.1. The predicted octanol–water partition coefficient (Wildman–Crippen LogP) is 1.72. The monoisotopic (exact) mass is 798 g/mol. The lowest BCUT2D eigenvalue weighted by Gasteiger charge is -2.39. The summed E-state index contributed by atoms with van der Waals surface area (Å²) >= 11 is 1.26. The van der Waals surface area contributed by atoms with Crippen LogP contribution in [0.2, 0.25) is 0 Å². The summed E-state index contributed by atoms with van der Waals surface area (Å²) in [6, 6.07) is 2.86.